The number of sulfonamides is 1. The van der Waals surface area contributed by atoms with Crippen LogP contribution in [0.2, 0.25) is 5.02 Å². The highest BCUT2D eigenvalue weighted by Gasteiger charge is 2.45. The Labute approximate surface area is 224 Å². The van der Waals surface area contributed by atoms with E-state index in [4.69, 9.17) is 11.6 Å². The highest BCUT2D eigenvalue weighted by molar-refractivity contribution is 9.10. The predicted octanol–water partition coefficient (Wildman–Crippen LogP) is 4.63. The Hall–Kier alpha value is -1.79. The van der Waals surface area contributed by atoms with Gasteiger partial charge in [-0.3, -0.25) is 4.79 Å². The highest BCUT2D eigenvalue weighted by atomic mass is 79.9. The molecule has 36 heavy (non-hydrogen) atoms. The maximum atomic E-state index is 15.5. The molecule has 1 atom stereocenters. The summed E-state index contributed by atoms with van der Waals surface area (Å²) in [7, 11) is -7.42. The maximum absolute atomic E-state index is 15.5. The van der Waals surface area contributed by atoms with Gasteiger partial charge in [-0.1, -0.05) is 51.8 Å². The first-order chi connectivity index (χ1) is 16.6. The van der Waals surface area contributed by atoms with Gasteiger partial charge in [0.25, 0.3) is 5.91 Å². The van der Waals surface area contributed by atoms with Crippen LogP contribution in [0.4, 0.5) is 4.39 Å². The van der Waals surface area contributed by atoms with Gasteiger partial charge in [-0.2, -0.15) is 4.31 Å². The Bertz CT molecular complexity index is 1410. The van der Waals surface area contributed by atoms with Crippen LogP contribution in [0.25, 0.3) is 11.1 Å². The minimum absolute atomic E-state index is 0.0357. The second kappa shape index (κ2) is 10.9. The number of nitrogens with zero attached hydrogens (tertiary/aromatic N) is 1. The van der Waals surface area contributed by atoms with Crippen molar-refractivity contribution in [2.45, 2.75) is 43.3 Å². The molecule has 2 aromatic carbocycles. The summed E-state index contributed by atoms with van der Waals surface area (Å²) in [6.07, 6.45) is 1.59. The minimum Gasteiger partial charge on any atom is -0.347 e. The van der Waals surface area contributed by atoms with E-state index in [1.165, 1.54) is 23.4 Å². The smallest absolute Gasteiger partial charge is 0.258 e. The maximum Gasteiger partial charge on any atom is 0.258 e. The van der Waals surface area contributed by atoms with Gasteiger partial charge in [0.15, 0.2) is 15.5 Å². The van der Waals surface area contributed by atoms with Crippen molar-refractivity contribution in [3.8, 4) is 11.1 Å². The quantitative estimate of drug-likeness (QED) is 0.486. The van der Waals surface area contributed by atoms with Gasteiger partial charge in [0, 0.05) is 59.2 Å². The van der Waals surface area contributed by atoms with Crippen LogP contribution >= 0.6 is 27.5 Å². The van der Waals surface area contributed by atoms with E-state index in [1.807, 2.05) is 13.0 Å². The summed E-state index contributed by atoms with van der Waals surface area (Å²) in [6, 6.07) is 9.41. The van der Waals surface area contributed by atoms with Gasteiger partial charge in [-0.15, -0.1) is 0 Å². The Morgan fingerprint density at radius 1 is 1.17 bits per heavy atom. The molecule has 196 valence electrons. The second-order valence-electron chi connectivity index (χ2n) is 8.87. The lowest BCUT2D eigenvalue weighted by Gasteiger charge is -2.35. The van der Waals surface area contributed by atoms with E-state index < -0.39 is 37.5 Å². The fourth-order valence-electron chi connectivity index (χ4n) is 3.89. The number of sulfone groups is 1. The van der Waals surface area contributed by atoms with Crippen molar-refractivity contribution in [3.05, 3.63) is 62.9 Å². The van der Waals surface area contributed by atoms with E-state index in [1.54, 1.807) is 24.3 Å². The minimum atomic E-state index is -4.03. The lowest BCUT2D eigenvalue weighted by Crippen LogP contribution is -2.53. The third-order valence-corrected chi connectivity index (χ3v) is 9.54. The van der Waals surface area contributed by atoms with Gasteiger partial charge in [0.2, 0.25) is 10.0 Å². The third kappa shape index (κ3) is 6.55. The standard InChI is InChI=1S/C24H27BrClFN2O5S2/c1-16-5-4-6-19(22(16)26)20-15-18(25)7-8-21(20)36(33,34)29-12-10-24(27,11-13-29)23(30)28-17(2)9-14-35(3,31)32/h4-9,14-15,17H,10-13H2,1-3H3,(H,28,30)/b14-9-/t17-/m1/s1. The summed E-state index contributed by atoms with van der Waals surface area (Å²) < 4.78 is 67.0. The molecule has 0 bridgehead atoms. The first-order valence-corrected chi connectivity index (χ1v) is 15.6. The zero-order valence-corrected chi connectivity index (χ0v) is 23.9. The first-order valence-electron chi connectivity index (χ1n) is 11.1. The molecule has 1 saturated heterocycles. The van der Waals surface area contributed by atoms with Gasteiger partial charge >= 0.3 is 0 Å². The monoisotopic (exact) mass is 620 g/mol. The average Bonchev–Trinajstić information content (AvgIpc) is 2.79. The zero-order valence-electron chi connectivity index (χ0n) is 20.0. The number of halogens is 3. The molecule has 1 aliphatic rings. The zero-order chi connectivity index (χ0) is 26.9. The van der Waals surface area contributed by atoms with E-state index in [9.17, 15) is 21.6 Å². The molecule has 0 aromatic heterocycles. The number of rotatable bonds is 7. The van der Waals surface area contributed by atoms with Crippen molar-refractivity contribution in [1.82, 2.24) is 9.62 Å². The highest BCUT2D eigenvalue weighted by Crippen LogP contribution is 2.38. The third-order valence-electron chi connectivity index (χ3n) is 5.94. The van der Waals surface area contributed by atoms with Crippen LogP contribution in [0.15, 0.2) is 57.3 Å². The number of amides is 1. The molecule has 0 saturated carbocycles. The number of benzene rings is 2. The largest absolute Gasteiger partial charge is 0.347 e. The van der Waals surface area contributed by atoms with Crippen LogP contribution in [0.1, 0.15) is 25.3 Å². The molecular weight excluding hydrogens is 595 g/mol. The predicted molar refractivity (Wildman–Crippen MR) is 143 cm³/mol. The van der Waals surface area contributed by atoms with Crippen molar-refractivity contribution in [2.75, 3.05) is 19.3 Å². The SMILES string of the molecule is Cc1cccc(-c2cc(Br)ccc2S(=O)(=O)N2CCC(F)(C(=O)N[C@H](C)/C=C\S(C)(=O)=O)CC2)c1Cl. The molecule has 0 unspecified atom stereocenters. The molecule has 1 aliphatic heterocycles. The summed E-state index contributed by atoms with van der Waals surface area (Å²) in [4.78, 5) is 12.6. The van der Waals surface area contributed by atoms with Crippen LogP contribution in [-0.4, -0.2) is 58.1 Å². The second-order valence-corrected chi connectivity index (χ2v) is 14.0. The van der Waals surface area contributed by atoms with Crippen molar-refractivity contribution < 1.29 is 26.0 Å². The summed E-state index contributed by atoms with van der Waals surface area (Å²) in [5, 5.41) is 3.82. The van der Waals surface area contributed by atoms with Crippen LogP contribution in [0.5, 0.6) is 0 Å². The van der Waals surface area contributed by atoms with Crippen LogP contribution in [0, 0.1) is 6.92 Å². The van der Waals surface area contributed by atoms with Crippen LogP contribution < -0.4 is 5.32 Å². The summed E-state index contributed by atoms with van der Waals surface area (Å²) in [5.41, 5.74) is -0.505. The lowest BCUT2D eigenvalue weighted by molar-refractivity contribution is -0.135. The molecule has 0 spiro atoms. The molecule has 12 heteroatoms. The van der Waals surface area contributed by atoms with Gasteiger partial charge in [0.1, 0.15) is 0 Å². The molecule has 2 aromatic rings. The number of carbonyl (C=O) groups excluding carboxylic acids is 1. The molecule has 3 rings (SSSR count). The number of hydrogen-bond acceptors (Lipinski definition) is 5. The van der Waals surface area contributed by atoms with E-state index in [-0.39, 0.29) is 30.8 Å². The molecule has 0 aliphatic carbocycles. The number of piperidine rings is 1. The topological polar surface area (TPSA) is 101 Å². The van der Waals surface area contributed by atoms with Crippen LogP contribution in [0.3, 0.4) is 0 Å². The Morgan fingerprint density at radius 3 is 2.42 bits per heavy atom. The van der Waals surface area contributed by atoms with E-state index in [2.05, 4.69) is 21.2 Å². The molecule has 0 radical (unpaired) electrons. The van der Waals surface area contributed by atoms with Crippen molar-refractivity contribution in [3.63, 3.8) is 0 Å². The number of hydrogen-bond donors (Lipinski definition) is 1. The fraction of sp³-hybridized carbons (Fsp3) is 0.375. The molecule has 1 fully saturated rings. The molecule has 1 N–H and O–H groups in total. The Kier molecular flexibility index (Phi) is 8.72. The Balaban J connectivity index is 1.82. The number of alkyl halides is 1. The first kappa shape index (κ1) is 28.8. The van der Waals surface area contributed by atoms with Gasteiger partial charge in [0.05, 0.1) is 9.92 Å². The fourth-order valence-corrected chi connectivity index (χ4v) is 6.62. The Morgan fingerprint density at radius 2 is 1.81 bits per heavy atom. The average molecular weight is 622 g/mol. The van der Waals surface area contributed by atoms with Crippen LogP contribution in [-0.2, 0) is 24.7 Å². The van der Waals surface area contributed by atoms with E-state index in [0.29, 0.717) is 20.6 Å². The van der Waals surface area contributed by atoms with E-state index in [0.717, 1.165) is 17.2 Å². The lowest BCUT2D eigenvalue weighted by atomic mass is 9.93. The molecule has 1 heterocycles. The van der Waals surface area contributed by atoms with Gasteiger partial charge < -0.3 is 5.32 Å². The van der Waals surface area contributed by atoms with Crippen molar-refractivity contribution in [2.24, 2.45) is 0 Å². The van der Waals surface area contributed by atoms with Crippen molar-refractivity contribution >= 4 is 53.3 Å². The van der Waals surface area contributed by atoms with E-state index >= 15 is 4.39 Å². The molecule has 1 amide bonds. The summed E-state index contributed by atoms with van der Waals surface area (Å²) in [6.45, 7) is 2.95. The van der Waals surface area contributed by atoms with Crippen molar-refractivity contribution in [1.29, 1.82) is 0 Å². The normalized spacial score (nSPS) is 17.7. The number of carbonyl (C=O) groups is 1. The summed E-state index contributed by atoms with van der Waals surface area (Å²) in [5.74, 6) is -0.902. The van der Waals surface area contributed by atoms with Gasteiger partial charge in [-0.25, -0.2) is 21.2 Å². The number of nitrogens with one attached hydrogen (secondary N) is 1. The van der Waals surface area contributed by atoms with Gasteiger partial charge in [-0.05, 0) is 37.6 Å². The molecular formula is C24H27BrClFN2O5S2. The summed E-state index contributed by atoms with van der Waals surface area (Å²) >= 11 is 9.88. The molecule has 7 nitrogen and oxygen atoms in total. The number of aryl methyl sites for hydroxylation is 1.